The first-order valence-corrected chi connectivity index (χ1v) is 6.36. The smallest absolute Gasteiger partial charge is 0.106 e. The van der Waals surface area contributed by atoms with Crippen LogP contribution in [0.3, 0.4) is 0 Å². The Morgan fingerprint density at radius 1 is 1.50 bits per heavy atom. The van der Waals surface area contributed by atoms with Gasteiger partial charge in [-0.1, -0.05) is 6.42 Å². The van der Waals surface area contributed by atoms with Gasteiger partial charge in [0.25, 0.3) is 0 Å². The highest BCUT2D eigenvalue weighted by atomic mass is 16.5. The van der Waals surface area contributed by atoms with E-state index in [4.69, 9.17) is 15.2 Å². The second-order valence-corrected chi connectivity index (χ2v) is 5.10. The molecular weight excluding hydrogens is 204 g/mol. The van der Waals surface area contributed by atoms with Crippen LogP contribution >= 0.6 is 0 Å². The van der Waals surface area contributed by atoms with Gasteiger partial charge in [0.1, 0.15) is 5.60 Å². The van der Waals surface area contributed by atoms with Gasteiger partial charge in [-0.05, 0) is 25.3 Å². The number of methoxy groups -OCH3 is 1. The van der Waals surface area contributed by atoms with Crippen LogP contribution in [0.1, 0.15) is 25.7 Å². The van der Waals surface area contributed by atoms with Crippen LogP contribution < -0.4 is 11.1 Å². The zero-order valence-electron chi connectivity index (χ0n) is 10.2. The van der Waals surface area contributed by atoms with Crippen molar-refractivity contribution in [2.75, 3.05) is 33.4 Å². The minimum atomic E-state index is -0.0955. The average Bonchev–Trinajstić information content (AvgIpc) is 2.96. The van der Waals surface area contributed by atoms with Crippen LogP contribution in [0.5, 0.6) is 0 Å². The molecule has 0 spiro atoms. The maximum atomic E-state index is 5.78. The van der Waals surface area contributed by atoms with Crippen molar-refractivity contribution in [2.24, 2.45) is 11.7 Å². The van der Waals surface area contributed by atoms with Gasteiger partial charge < -0.3 is 20.5 Å². The summed E-state index contributed by atoms with van der Waals surface area (Å²) in [7, 11) is 1.78. The Hall–Kier alpha value is -0.160. The van der Waals surface area contributed by atoms with E-state index < -0.39 is 0 Å². The van der Waals surface area contributed by atoms with E-state index >= 15 is 0 Å². The van der Waals surface area contributed by atoms with Crippen LogP contribution in [0.25, 0.3) is 0 Å². The zero-order valence-corrected chi connectivity index (χ0v) is 10.2. The predicted octanol–water partition coefficient (Wildman–Crippen LogP) is 0.509. The number of hydrogen-bond donors (Lipinski definition) is 2. The minimum absolute atomic E-state index is 0.0955. The molecule has 94 valence electrons. The van der Waals surface area contributed by atoms with Crippen LogP contribution in [-0.4, -0.2) is 45.1 Å². The third-order valence-electron chi connectivity index (χ3n) is 4.15. The van der Waals surface area contributed by atoms with E-state index in [0.29, 0.717) is 12.0 Å². The van der Waals surface area contributed by atoms with Crippen LogP contribution in [-0.2, 0) is 9.47 Å². The summed E-state index contributed by atoms with van der Waals surface area (Å²) in [6, 6.07) is 0.581. The maximum absolute atomic E-state index is 5.78. The fourth-order valence-electron chi connectivity index (χ4n) is 2.87. The molecule has 0 amide bonds. The number of rotatable bonds is 5. The first-order chi connectivity index (χ1) is 7.79. The third-order valence-corrected chi connectivity index (χ3v) is 4.15. The fourth-order valence-corrected chi connectivity index (χ4v) is 2.87. The lowest BCUT2D eigenvalue weighted by Gasteiger charge is -2.29. The molecule has 4 heteroatoms. The molecule has 16 heavy (non-hydrogen) atoms. The molecule has 0 radical (unpaired) electrons. The molecule has 0 aromatic heterocycles. The summed E-state index contributed by atoms with van der Waals surface area (Å²) < 4.78 is 11.0. The molecule has 1 heterocycles. The lowest BCUT2D eigenvalue weighted by Crippen LogP contribution is -2.48. The Bertz CT molecular complexity index is 217. The summed E-state index contributed by atoms with van der Waals surface area (Å²) in [5, 5.41) is 3.63. The summed E-state index contributed by atoms with van der Waals surface area (Å²) in [6.07, 6.45) is 4.82. The molecule has 2 aliphatic rings. The number of hydrogen-bond acceptors (Lipinski definition) is 4. The van der Waals surface area contributed by atoms with Crippen molar-refractivity contribution in [1.82, 2.24) is 5.32 Å². The molecule has 2 rings (SSSR count). The van der Waals surface area contributed by atoms with E-state index in [1.165, 1.54) is 19.3 Å². The topological polar surface area (TPSA) is 56.5 Å². The van der Waals surface area contributed by atoms with Gasteiger partial charge in [-0.3, -0.25) is 0 Å². The summed E-state index contributed by atoms with van der Waals surface area (Å²) in [5.74, 6) is 0.649. The average molecular weight is 228 g/mol. The van der Waals surface area contributed by atoms with E-state index in [9.17, 15) is 0 Å². The summed E-state index contributed by atoms with van der Waals surface area (Å²) in [6.45, 7) is 3.23. The van der Waals surface area contributed by atoms with E-state index in [2.05, 4.69) is 5.32 Å². The second-order valence-electron chi connectivity index (χ2n) is 5.10. The number of nitrogens with one attached hydrogen (secondary N) is 1. The van der Waals surface area contributed by atoms with Crippen molar-refractivity contribution < 1.29 is 9.47 Å². The summed E-state index contributed by atoms with van der Waals surface area (Å²) >= 11 is 0. The quantitative estimate of drug-likeness (QED) is 0.720. The molecule has 2 fully saturated rings. The third kappa shape index (κ3) is 2.56. The molecule has 0 bridgehead atoms. The van der Waals surface area contributed by atoms with Gasteiger partial charge in [-0.2, -0.15) is 0 Å². The molecule has 0 aromatic rings. The molecule has 0 aromatic carbocycles. The second kappa shape index (κ2) is 5.45. The Labute approximate surface area is 97.9 Å². The van der Waals surface area contributed by atoms with E-state index in [-0.39, 0.29) is 5.60 Å². The van der Waals surface area contributed by atoms with Gasteiger partial charge in [0.2, 0.25) is 0 Å². The first-order valence-electron chi connectivity index (χ1n) is 6.36. The Morgan fingerprint density at radius 3 is 3.00 bits per heavy atom. The molecule has 1 aliphatic heterocycles. The lowest BCUT2D eigenvalue weighted by atomic mass is 10.00. The minimum Gasteiger partial charge on any atom is -0.378 e. The van der Waals surface area contributed by atoms with E-state index in [0.717, 1.165) is 32.7 Å². The van der Waals surface area contributed by atoms with Gasteiger partial charge in [-0.15, -0.1) is 0 Å². The van der Waals surface area contributed by atoms with Gasteiger partial charge in [0.15, 0.2) is 0 Å². The largest absolute Gasteiger partial charge is 0.378 e. The first kappa shape index (κ1) is 12.3. The highest BCUT2D eigenvalue weighted by molar-refractivity contribution is 4.91. The van der Waals surface area contributed by atoms with Crippen LogP contribution in [0.4, 0.5) is 0 Å². The van der Waals surface area contributed by atoms with Crippen LogP contribution in [0.15, 0.2) is 0 Å². The zero-order chi connectivity index (χ0) is 11.4. The maximum Gasteiger partial charge on any atom is 0.106 e. The fraction of sp³-hybridized carbons (Fsp3) is 1.00. The Balaban J connectivity index is 1.81. The highest BCUT2D eigenvalue weighted by Gasteiger charge is 2.36. The monoisotopic (exact) mass is 228 g/mol. The normalized spacial score (nSPS) is 39.4. The molecule has 3 atom stereocenters. The highest BCUT2D eigenvalue weighted by Crippen LogP contribution is 2.27. The lowest BCUT2D eigenvalue weighted by molar-refractivity contribution is -0.0181. The molecule has 1 saturated carbocycles. The Kier molecular flexibility index (Phi) is 4.19. The van der Waals surface area contributed by atoms with Gasteiger partial charge in [-0.25, -0.2) is 0 Å². The van der Waals surface area contributed by atoms with Gasteiger partial charge >= 0.3 is 0 Å². The van der Waals surface area contributed by atoms with E-state index in [1.807, 2.05) is 0 Å². The molecule has 3 N–H and O–H groups in total. The summed E-state index contributed by atoms with van der Waals surface area (Å²) in [4.78, 5) is 0. The molecular formula is C12H24N2O2. The summed E-state index contributed by atoms with van der Waals surface area (Å²) in [5.41, 5.74) is 5.68. The molecule has 1 aliphatic carbocycles. The van der Waals surface area contributed by atoms with Crippen molar-refractivity contribution in [3.8, 4) is 0 Å². The van der Waals surface area contributed by atoms with Crippen LogP contribution in [0.2, 0.25) is 0 Å². The van der Waals surface area contributed by atoms with E-state index in [1.54, 1.807) is 7.11 Å². The van der Waals surface area contributed by atoms with Crippen molar-refractivity contribution in [1.29, 1.82) is 0 Å². The Morgan fingerprint density at radius 2 is 2.38 bits per heavy atom. The number of nitrogens with two attached hydrogens (primary N) is 1. The molecule has 1 saturated heterocycles. The van der Waals surface area contributed by atoms with Crippen molar-refractivity contribution in [3.05, 3.63) is 0 Å². The SMILES string of the molecule is COC1(CNC2CCCC2CN)CCOC1. The van der Waals surface area contributed by atoms with Crippen molar-refractivity contribution in [3.63, 3.8) is 0 Å². The predicted molar refractivity (Wildman–Crippen MR) is 63.4 cm³/mol. The van der Waals surface area contributed by atoms with Crippen LogP contribution in [0, 0.1) is 5.92 Å². The van der Waals surface area contributed by atoms with Gasteiger partial charge in [0.05, 0.1) is 6.61 Å². The number of ether oxygens (including phenoxy) is 2. The molecule has 4 nitrogen and oxygen atoms in total. The van der Waals surface area contributed by atoms with Crippen molar-refractivity contribution in [2.45, 2.75) is 37.3 Å². The molecule has 3 unspecified atom stereocenters. The van der Waals surface area contributed by atoms with Crippen molar-refractivity contribution >= 4 is 0 Å². The standard InChI is InChI=1S/C12H24N2O2/c1-15-12(5-6-16-9-12)8-14-11-4-2-3-10(11)7-13/h10-11,14H,2-9,13H2,1H3. The van der Waals surface area contributed by atoms with Gasteiger partial charge in [0, 0.05) is 32.7 Å².